The van der Waals surface area contributed by atoms with Gasteiger partial charge in [0.05, 0.1) is 0 Å². The second kappa shape index (κ2) is 71.1. The van der Waals surface area contributed by atoms with Gasteiger partial charge >= 0.3 is 17.9 Å². The molecule has 0 saturated heterocycles. The van der Waals surface area contributed by atoms with E-state index in [4.69, 9.17) is 14.2 Å². The zero-order valence-electron chi connectivity index (χ0n) is 55.5. The van der Waals surface area contributed by atoms with Crippen molar-refractivity contribution in [3.05, 3.63) is 36.5 Å². The van der Waals surface area contributed by atoms with E-state index < -0.39 is 6.10 Å². The van der Waals surface area contributed by atoms with Crippen molar-refractivity contribution in [3.8, 4) is 0 Å². The first kappa shape index (κ1) is 79.6. The van der Waals surface area contributed by atoms with Crippen LogP contribution in [0.5, 0.6) is 0 Å². The average Bonchev–Trinajstić information content (AvgIpc) is 3.47. The van der Waals surface area contributed by atoms with Crippen molar-refractivity contribution in [2.24, 2.45) is 0 Å². The zero-order valence-corrected chi connectivity index (χ0v) is 55.5. The number of unbranched alkanes of at least 4 members (excludes halogenated alkanes) is 52. The molecule has 0 aromatic carbocycles. The second-order valence-corrected chi connectivity index (χ2v) is 25.2. The number of allylic oxidation sites excluding steroid dienone is 6. The van der Waals surface area contributed by atoms with Gasteiger partial charge in [-0.15, -0.1) is 0 Å². The van der Waals surface area contributed by atoms with E-state index in [-0.39, 0.29) is 31.1 Å². The Morgan fingerprint density at radius 1 is 0.244 bits per heavy atom. The molecule has 0 spiro atoms. The highest BCUT2D eigenvalue weighted by Crippen LogP contribution is 2.19. The van der Waals surface area contributed by atoms with Gasteiger partial charge in [-0.25, -0.2) is 0 Å². The Balaban J connectivity index is 4.26. The molecule has 0 aromatic heterocycles. The first-order valence-electron chi connectivity index (χ1n) is 37.0. The van der Waals surface area contributed by atoms with Crippen molar-refractivity contribution >= 4 is 17.9 Å². The van der Waals surface area contributed by atoms with Crippen LogP contribution >= 0.6 is 0 Å². The minimum Gasteiger partial charge on any atom is -0.462 e. The standard InChI is InChI=1S/C76H142O6/c1-4-7-10-13-16-19-22-25-28-31-34-35-36-37-38-39-40-41-43-45-48-51-54-57-60-63-66-69-75(78)81-72-73(71-80-74(77)68-65-62-59-56-53-50-47-44-33-30-27-24-21-18-15-12-9-6-3)82-76(79)70-67-64-61-58-55-52-49-46-42-32-29-26-23-20-17-14-11-8-5-2/h22,25-26,29,31,34,73H,4-21,23-24,27-28,30,32-33,35-72H2,1-3H3/b25-22-,29-26-,34-31-. The third-order valence-corrected chi connectivity index (χ3v) is 16.9. The Kier molecular flexibility index (Phi) is 69.1. The summed E-state index contributed by atoms with van der Waals surface area (Å²) in [6.07, 6.45) is 88.9. The first-order valence-corrected chi connectivity index (χ1v) is 37.0. The maximum absolute atomic E-state index is 13.0. The molecule has 0 aliphatic carbocycles. The van der Waals surface area contributed by atoms with E-state index in [1.54, 1.807) is 0 Å². The van der Waals surface area contributed by atoms with Crippen molar-refractivity contribution in [1.82, 2.24) is 0 Å². The Hall–Kier alpha value is -2.37. The highest BCUT2D eigenvalue weighted by Gasteiger charge is 2.20. The molecule has 6 nitrogen and oxygen atoms in total. The summed E-state index contributed by atoms with van der Waals surface area (Å²) in [4.78, 5) is 38.5. The third-order valence-electron chi connectivity index (χ3n) is 16.9. The molecule has 0 rings (SSSR count). The molecular weight excluding hydrogens is 1010 g/mol. The van der Waals surface area contributed by atoms with E-state index in [1.165, 1.54) is 308 Å². The number of carbonyl (C=O) groups is 3. The lowest BCUT2D eigenvalue weighted by molar-refractivity contribution is -0.167. The summed E-state index contributed by atoms with van der Waals surface area (Å²) in [6.45, 7) is 6.71. The van der Waals surface area contributed by atoms with Crippen LogP contribution in [0.25, 0.3) is 0 Å². The molecular formula is C76H142O6. The second-order valence-electron chi connectivity index (χ2n) is 25.2. The lowest BCUT2D eigenvalue weighted by Gasteiger charge is -2.18. The van der Waals surface area contributed by atoms with Gasteiger partial charge in [-0.2, -0.15) is 0 Å². The van der Waals surface area contributed by atoms with Crippen molar-refractivity contribution < 1.29 is 28.6 Å². The third kappa shape index (κ3) is 68.4. The molecule has 1 atom stereocenters. The van der Waals surface area contributed by atoms with Gasteiger partial charge in [0.25, 0.3) is 0 Å². The van der Waals surface area contributed by atoms with Crippen molar-refractivity contribution in [1.29, 1.82) is 0 Å². The molecule has 0 bridgehead atoms. The van der Waals surface area contributed by atoms with Crippen LogP contribution in [0.3, 0.4) is 0 Å². The van der Waals surface area contributed by atoms with Gasteiger partial charge in [-0.05, 0) is 77.0 Å². The van der Waals surface area contributed by atoms with Crippen LogP contribution in [0, 0.1) is 0 Å². The van der Waals surface area contributed by atoms with Gasteiger partial charge in [0, 0.05) is 19.3 Å². The highest BCUT2D eigenvalue weighted by atomic mass is 16.6. The minimum absolute atomic E-state index is 0.0668. The molecule has 0 N–H and O–H groups in total. The largest absolute Gasteiger partial charge is 0.462 e. The van der Waals surface area contributed by atoms with E-state index in [0.717, 1.165) is 64.2 Å². The summed E-state index contributed by atoms with van der Waals surface area (Å²) in [5.74, 6) is -0.836. The predicted octanol–water partition coefficient (Wildman–Crippen LogP) is 25.5. The maximum atomic E-state index is 13.0. The van der Waals surface area contributed by atoms with Crippen LogP contribution < -0.4 is 0 Å². The van der Waals surface area contributed by atoms with Gasteiger partial charge in [0.2, 0.25) is 0 Å². The Morgan fingerprint density at radius 2 is 0.439 bits per heavy atom. The quantitative estimate of drug-likeness (QED) is 0.0261. The number of esters is 3. The van der Waals surface area contributed by atoms with Crippen molar-refractivity contribution in [2.75, 3.05) is 13.2 Å². The average molecular weight is 1150 g/mol. The smallest absolute Gasteiger partial charge is 0.306 e. The first-order chi connectivity index (χ1) is 40.5. The fourth-order valence-corrected chi connectivity index (χ4v) is 11.3. The molecule has 0 saturated carbocycles. The number of hydrogen-bond acceptors (Lipinski definition) is 6. The zero-order chi connectivity index (χ0) is 59.2. The van der Waals surface area contributed by atoms with E-state index in [9.17, 15) is 14.4 Å². The van der Waals surface area contributed by atoms with Crippen LogP contribution in [-0.4, -0.2) is 37.2 Å². The van der Waals surface area contributed by atoms with E-state index in [0.29, 0.717) is 19.3 Å². The van der Waals surface area contributed by atoms with Gasteiger partial charge < -0.3 is 14.2 Å². The Bertz CT molecular complexity index is 1370. The molecule has 0 heterocycles. The lowest BCUT2D eigenvalue weighted by Crippen LogP contribution is -2.30. The van der Waals surface area contributed by atoms with Crippen LogP contribution in [0.2, 0.25) is 0 Å². The molecule has 0 aromatic rings. The van der Waals surface area contributed by atoms with Gasteiger partial charge in [0.1, 0.15) is 13.2 Å². The number of carbonyl (C=O) groups excluding carboxylic acids is 3. The molecule has 1 unspecified atom stereocenters. The minimum atomic E-state index is -0.772. The summed E-state index contributed by atoms with van der Waals surface area (Å²) in [5, 5.41) is 0. The maximum Gasteiger partial charge on any atom is 0.306 e. The fourth-order valence-electron chi connectivity index (χ4n) is 11.3. The van der Waals surface area contributed by atoms with E-state index in [1.807, 2.05) is 0 Å². The molecule has 0 fully saturated rings. The molecule has 0 radical (unpaired) electrons. The van der Waals surface area contributed by atoms with E-state index >= 15 is 0 Å². The van der Waals surface area contributed by atoms with Crippen molar-refractivity contribution in [3.63, 3.8) is 0 Å². The monoisotopic (exact) mass is 1150 g/mol. The van der Waals surface area contributed by atoms with Crippen LogP contribution in [0.15, 0.2) is 36.5 Å². The lowest BCUT2D eigenvalue weighted by atomic mass is 10.0. The summed E-state index contributed by atoms with van der Waals surface area (Å²) >= 11 is 0. The summed E-state index contributed by atoms with van der Waals surface area (Å²) < 4.78 is 17.0. The summed E-state index contributed by atoms with van der Waals surface area (Å²) in [6, 6.07) is 0. The summed E-state index contributed by atoms with van der Waals surface area (Å²) in [7, 11) is 0. The Labute approximate surface area is 512 Å². The molecule has 0 aliphatic rings. The normalized spacial score (nSPS) is 12.2. The van der Waals surface area contributed by atoms with E-state index in [2.05, 4.69) is 57.2 Å². The predicted molar refractivity (Wildman–Crippen MR) is 358 cm³/mol. The molecule has 0 amide bonds. The van der Waals surface area contributed by atoms with Crippen LogP contribution in [0.4, 0.5) is 0 Å². The fraction of sp³-hybridized carbons (Fsp3) is 0.882. The molecule has 6 heteroatoms. The van der Waals surface area contributed by atoms with Crippen LogP contribution in [0.1, 0.15) is 412 Å². The van der Waals surface area contributed by atoms with Gasteiger partial charge in [0.15, 0.2) is 6.10 Å². The van der Waals surface area contributed by atoms with Gasteiger partial charge in [-0.1, -0.05) is 353 Å². The van der Waals surface area contributed by atoms with Crippen molar-refractivity contribution in [2.45, 2.75) is 419 Å². The van der Waals surface area contributed by atoms with Crippen LogP contribution in [-0.2, 0) is 28.6 Å². The Morgan fingerprint density at radius 3 is 0.683 bits per heavy atom. The topological polar surface area (TPSA) is 78.9 Å². The summed E-state index contributed by atoms with van der Waals surface area (Å²) in [5.41, 5.74) is 0. The number of hydrogen-bond donors (Lipinski definition) is 0. The molecule has 0 aliphatic heterocycles. The molecule has 82 heavy (non-hydrogen) atoms. The van der Waals surface area contributed by atoms with Gasteiger partial charge in [-0.3, -0.25) is 14.4 Å². The number of rotatable bonds is 69. The molecule has 482 valence electrons. The SMILES string of the molecule is CCCCCCC/C=C\C/C=C\CCCCCCCCCCCCCCCCCC(=O)OCC(COC(=O)CCCCCCCCCCCCCCCCCCCC)OC(=O)CCCCCCCCCCC/C=C\CCCCCCCC. The highest BCUT2D eigenvalue weighted by molar-refractivity contribution is 5.71. The number of ether oxygens (including phenoxy) is 3.